The van der Waals surface area contributed by atoms with E-state index in [-0.39, 0.29) is 18.0 Å². The molecule has 0 saturated heterocycles. The number of ether oxygens (including phenoxy) is 2. The van der Waals surface area contributed by atoms with Gasteiger partial charge in [-0.05, 0) is 54.2 Å². The Bertz CT molecular complexity index is 1270. The van der Waals surface area contributed by atoms with E-state index < -0.39 is 18.2 Å². The SMILES string of the molecule is CCCCCCCCC(=O)Oc1ccccc1-c1ccc(-c2ccc(C(=O)OC(CCCCCC)C(F)(F)F)cc2)cc1. The summed E-state index contributed by atoms with van der Waals surface area (Å²) in [6, 6.07) is 21.4. The normalized spacial score (nSPS) is 12.1. The van der Waals surface area contributed by atoms with Crippen molar-refractivity contribution in [1.29, 1.82) is 0 Å². The number of carbonyl (C=O) groups excluding carboxylic acids is 2. The first-order valence-electron chi connectivity index (χ1n) is 15.5. The van der Waals surface area contributed by atoms with Gasteiger partial charge in [-0.1, -0.05) is 120 Å². The van der Waals surface area contributed by atoms with E-state index in [9.17, 15) is 22.8 Å². The zero-order valence-corrected chi connectivity index (χ0v) is 25.3. The number of alkyl halides is 3. The molecular weight excluding hydrogens is 553 g/mol. The highest BCUT2D eigenvalue weighted by atomic mass is 19.4. The van der Waals surface area contributed by atoms with Gasteiger partial charge in [0.1, 0.15) is 5.75 Å². The lowest BCUT2D eigenvalue weighted by Gasteiger charge is -2.20. The highest BCUT2D eigenvalue weighted by Gasteiger charge is 2.42. The molecule has 0 N–H and O–H groups in total. The van der Waals surface area contributed by atoms with Crippen LogP contribution in [-0.2, 0) is 9.53 Å². The summed E-state index contributed by atoms with van der Waals surface area (Å²) < 4.78 is 50.9. The van der Waals surface area contributed by atoms with Gasteiger partial charge in [0, 0.05) is 12.0 Å². The van der Waals surface area contributed by atoms with Crippen LogP contribution < -0.4 is 4.74 Å². The van der Waals surface area contributed by atoms with Gasteiger partial charge >= 0.3 is 18.1 Å². The first kappa shape index (κ1) is 33.9. The number of rotatable bonds is 17. The van der Waals surface area contributed by atoms with Crippen LogP contribution in [0.25, 0.3) is 22.3 Å². The molecule has 1 atom stereocenters. The van der Waals surface area contributed by atoms with Crippen molar-refractivity contribution in [3.05, 3.63) is 78.4 Å². The van der Waals surface area contributed by atoms with Gasteiger partial charge in [0.2, 0.25) is 0 Å². The van der Waals surface area contributed by atoms with Crippen LogP contribution in [0, 0.1) is 0 Å². The van der Waals surface area contributed by atoms with Crippen LogP contribution in [0.4, 0.5) is 13.2 Å². The van der Waals surface area contributed by atoms with E-state index >= 15 is 0 Å². The van der Waals surface area contributed by atoms with Crippen LogP contribution in [-0.4, -0.2) is 24.2 Å². The average Bonchev–Trinajstić information content (AvgIpc) is 3.00. The van der Waals surface area contributed by atoms with E-state index in [0.29, 0.717) is 25.0 Å². The van der Waals surface area contributed by atoms with Crippen LogP contribution >= 0.6 is 0 Å². The molecule has 3 aromatic carbocycles. The molecule has 3 rings (SSSR count). The second-order valence-electron chi connectivity index (χ2n) is 10.9. The molecule has 0 fully saturated rings. The van der Waals surface area contributed by atoms with E-state index in [1.165, 1.54) is 31.4 Å². The van der Waals surface area contributed by atoms with Crippen molar-refractivity contribution < 1.29 is 32.2 Å². The molecule has 0 saturated carbocycles. The topological polar surface area (TPSA) is 52.6 Å². The number of unbranched alkanes of at least 4 members (excludes halogenated alkanes) is 8. The molecule has 7 heteroatoms. The van der Waals surface area contributed by atoms with Crippen molar-refractivity contribution in [2.45, 2.75) is 103 Å². The van der Waals surface area contributed by atoms with Crippen molar-refractivity contribution in [2.24, 2.45) is 0 Å². The summed E-state index contributed by atoms with van der Waals surface area (Å²) in [5.74, 6) is -0.713. The zero-order chi connectivity index (χ0) is 31.1. The van der Waals surface area contributed by atoms with Crippen LogP contribution in [0.15, 0.2) is 72.8 Å². The quantitative estimate of drug-likeness (QED) is 0.0884. The maximum absolute atomic E-state index is 13.4. The first-order valence-corrected chi connectivity index (χ1v) is 15.5. The minimum atomic E-state index is -4.60. The predicted octanol–water partition coefficient (Wildman–Crippen LogP) is 10.7. The monoisotopic (exact) mass is 596 g/mol. The molecule has 0 aliphatic heterocycles. The van der Waals surface area contributed by atoms with Crippen LogP contribution in [0.5, 0.6) is 5.75 Å². The summed E-state index contributed by atoms with van der Waals surface area (Å²) in [7, 11) is 0. The first-order chi connectivity index (χ1) is 20.7. The number of hydrogen-bond acceptors (Lipinski definition) is 4. The molecule has 4 nitrogen and oxygen atoms in total. The molecule has 0 aromatic heterocycles. The molecule has 0 bridgehead atoms. The van der Waals surface area contributed by atoms with Gasteiger partial charge in [-0.3, -0.25) is 4.79 Å². The number of carbonyl (C=O) groups is 2. The summed E-state index contributed by atoms with van der Waals surface area (Å²) in [6.07, 6.45) is 2.81. The largest absolute Gasteiger partial charge is 0.449 e. The highest BCUT2D eigenvalue weighted by Crippen LogP contribution is 2.33. The van der Waals surface area contributed by atoms with Crippen LogP contribution in [0.2, 0.25) is 0 Å². The van der Waals surface area contributed by atoms with Crippen molar-refractivity contribution in [3.8, 4) is 28.0 Å². The van der Waals surface area contributed by atoms with Crippen LogP contribution in [0.1, 0.15) is 101 Å². The molecule has 0 radical (unpaired) electrons. The fourth-order valence-corrected chi connectivity index (χ4v) is 4.90. The number of hydrogen-bond donors (Lipinski definition) is 0. The third-order valence-corrected chi connectivity index (χ3v) is 7.43. The molecule has 0 spiro atoms. The Kier molecular flexibility index (Phi) is 13.8. The lowest BCUT2D eigenvalue weighted by atomic mass is 9.99. The Hall–Kier alpha value is -3.61. The van der Waals surface area contributed by atoms with Gasteiger partial charge in [0.15, 0.2) is 6.10 Å². The molecule has 0 aliphatic carbocycles. The number of esters is 2. The second-order valence-corrected chi connectivity index (χ2v) is 10.9. The van der Waals surface area contributed by atoms with Gasteiger partial charge in [-0.25, -0.2) is 4.79 Å². The van der Waals surface area contributed by atoms with Gasteiger partial charge in [0.05, 0.1) is 5.56 Å². The molecular formula is C36H43F3O4. The summed E-state index contributed by atoms with van der Waals surface area (Å²) in [5, 5.41) is 0. The molecule has 1 unspecified atom stereocenters. The van der Waals surface area contributed by atoms with Gasteiger partial charge in [0.25, 0.3) is 0 Å². The highest BCUT2D eigenvalue weighted by molar-refractivity contribution is 5.90. The summed E-state index contributed by atoms with van der Waals surface area (Å²) in [5.41, 5.74) is 3.42. The Labute approximate surface area is 253 Å². The number of para-hydroxylation sites is 1. The van der Waals surface area contributed by atoms with Gasteiger partial charge in [-0.15, -0.1) is 0 Å². The minimum absolute atomic E-state index is 0.0693. The van der Waals surface area contributed by atoms with Gasteiger partial charge < -0.3 is 9.47 Å². The zero-order valence-electron chi connectivity index (χ0n) is 25.3. The minimum Gasteiger partial charge on any atom is -0.449 e. The van der Waals surface area contributed by atoms with E-state index in [1.54, 1.807) is 18.2 Å². The van der Waals surface area contributed by atoms with E-state index in [1.807, 2.05) is 49.4 Å². The molecule has 3 aromatic rings. The Balaban J connectivity index is 1.61. The Morgan fingerprint density at radius 2 is 1.21 bits per heavy atom. The molecule has 0 heterocycles. The molecule has 232 valence electrons. The third kappa shape index (κ3) is 11.2. The summed E-state index contributed by atoms with van der Waals surface area (Å²) in [4.78, 5) is 25.0. The smallest absolute Gasteiger partial charge is 0.425 e. The fourth-order valence-electron chi connectivity index (χ4n) is 4.90. The van der Waals surface area contributed by atoms with E-state index in [4.69, 9.17) is 9.47 Å². The van der Waals surface area contributed by atoms with Crippen molar-refractivity contribution in [2.75, 3.05) is 0 Å². The van der Waals surface area contributed by atoms with E-state index in [0.717, 1.165) is 54.4 Å². The Morgan fingerprint density at radius 3 is 1.84 bits per heavy atom. The maximum atomic E-state index is 13.4. The summed E-state index contributed by atoms with van der Waals surface area (Å²) in [6.45, 7) is 4.16. The lowest BCUT2D eigenvalue weighted by molar-refractivity contribution is -0.206. The third-order valence-electron chi connectivity index (χ3n) is 7.43. The molecule has 0 aliphatic rings. The van der Waals surface area contributed by atoms with Gasteiger partial charge in [-0.2, -0.15) is 13.2 Å². The molecule has 0 amide bonds. The number of halogens is 3. The number of benzene rings is 3. The fraction of sp³-hybridized carbons (Fsp3) is 0.444. The standard InChI is InChI=1S/C36H43F3O4/c1-3-5-7-9-10-12-18-34(40)42-32-16-14-13-15-31(32)29-23-19-27(20-24-29)28-21-25-30(26-22-28)35(41)43-33(36(37,38)39)17-11-8-6-4-2/h13-16,19-26,33H,3-12,17-18H2,1-2H3. The van der Waals surface area contributed by atoms with Crippen molar-refractivity contribution in [3.63, 3.8) is 0 Å². The van der Waals surface area contributed by atoms with Crippen molar-refractivity contribution >= 4 is 11.9 Å². The van der Waals surface area contributed by atoms with Crippen molar-refractivity contribution in [1.82, 2.24) is 0 Å². The molecule has 43 heavy (non-hydrogen) atoms. The lowest BCUT2D eigenvalue weighted by Crippen LogP contribution is -2.33. The predicted molar refractivity (Wildman–Crippen MR) is 165 cm³/mol. The van der Waals surface area contributed by atoms with E-state index in [2.05, 4.69) is 6.92 Å². The maximum Gasteiger partial charge on any atom is 0.425 e. The second kappa shape index (κ2) is 17.5. The van der Waals surface area contributed by atoms with Crippen LogP contribution in [0.3, 0.4) is 0 Å². The average molecular weight is 597 g/mol. The Morgan fingerprint density at radius 1 is 0.674 bits per heavy atom. The summed E-state index contributed by atoms with van der Waals surface area (Å²) >= 11 is 0.